The minimum absolute atomic E-state index is 0.113. The SMILES string of the molecule is Fc1cc2nc3c(n2cc1Br)[C@H](c1ccccc1)COC3. The number of fused-ring (bicyclic) bond motifs is 3. The van der Waals surface area contributed by atoms with E-state index in [1.165, 1.54) is 11.6 Å². The normalized spacial score (nSPS) is 17.9. The van der Waals surface area contributed by atoms with Gasteiger partial charge in [-0.25, -0.2) is 9.37 Å². The Morgan fingerprint density at radius 2 is 2.10 bits per heavy atom. The summed E-state index contributed by atoms with van der Waals surface area (Å²) in [6.07, 6.45) is 1.75. The molecule has 1 aliphatic heterocycles. The number of hydrogen-bond acceptors (Lipinski definition) is 2. The minimum atomic E-state index is -0.304. The summed E-state index contributed by atoms with van der Waals surface area (Å²) < 4.78 is 21.8. The average Bonchev–Trinajstić information content (AvgIpc) is 2.86. The third kappa shape index (κ3) is 2.08. The molecule has 3 nitrogen and oxygen atoms in total. The summed E-state index contributed by atoms with van der Waals surface area (Å²) in [4.78, 5) is 4.51. The van der Waals surface area contributed by atoms with Crippen LogP contribution < -0.4 is 0 Å². The van der Waals surface area contributed by atoms with Crippen molar-refractivity contribution in [2.45, 2.75) is 12.5 Å². The van der Waals surface area contributed by atoms with Gasteiger partial charge in [0.1, 0.15) is 11.5 Å². The Labute approximate surface area is 129 Å². The number of benzene rings is 1. The molecule has 0 fully saturated rings. The Kier molecular flexibility index (Phi) is 3.05. The number of imidazole rings is 1. The van der Waals surface area contributed by atoms with Crippen molar-refractivity contribution in [3.8, 4) is 0 Å². The second-order valence-electron chi connectivity index (χ2n) is 5.12. The van der Waals surface area contributed by atoms with Gasteiger partial charge in [-0.05, 0) is 21.5 Å². The molecule has 0 radical (unpaired) electrons. The van der Waals surface area contributed by atoms with Crippen LogP contribution in [0.5, 0.6) is 0 Å². The standard InChI is InChI=1S/C16H12BrFN2O/c17-12-7-20-15(6-13(12)18)19-14-9-21-8-11(16(14)20)10-4-2-1-3-5-10/h1-7,11H,8-9H2/t11-/m0/s1. The number of halogens is 2. The Hall–Kier alpha value is -1.72. The maximum atomic E-state index is 13.7. The lowest BCUT2D eigenvalue weighted by Gasteiger charge is -2.23. The van der Waals surface area contributed by atoms with Crippen molar-refractivity contribution in [1.82, 2.24) is 9.38 Å². The van der Waals surface area contributed by atoms with Gasteiger partial charge in [-0.1, -0.05) is 30.3 Å². The van der Waals surface area contributed by atoms with Crippen LogP contribution in [0.4, 0.5) is 4.39 Å². The van der Waals surface area contributed by atoms with Gasteiger partial charge in [0.2, 0.25) is 0 Å². The summed E-state index contributed by atoms with van der Waals surface area (Å²) in [5, 5.41) is 0. The van der Waals surface area contributed by atoms with Gasteiger partial charge in [0, 0.05) is 12.3 Å². The van der Waals surface area contributed by atoms with E-state index in [1.807, 2.05) is 22.6 Å². The highest BCUT2D eigenvalue weighted by atomic mass is 79.9. The predicted octanol–water partition coefficient (Wildman–Crippen LogP) is 3.90. The molecule has 21 heavy (non-hydrogen) atoms. The highest BCUT2D eigenvalue weighted by molar-refractivity contribution is 9.10. The van der Waals surface area contributed by atoms with Crippen LogP contribution in [-0.4, -0.2) is 16.0 Å². The van der Waals surface area contributed by atoms with E-state index in [2.05, 4.69) is 33.0 Å². The minimum Gasteiger partial charge on any atom is -0.374 e. The molecule has 1 aromatic carbocycles. The Morgan fingerprint density at radius 1 is 1.29 bits per heavy atom. The fourth-order valence-corrected chi connectivity index (χ4v) is 3.19. The number of hydrogen-bond donors (Lipinski definition) is 0. The van der Waals surface area contributed by atoms with Gasteiger partial charge in [-0.15, -0.1) is 0 Å². The van der Waals surface area contributed by atoms with Crippen molar-refractivity contribution in [2.75, 3.05) is 6.61 Å². The van der Waals surface area contributed by atoms with Crippen LogP contribution in [0.25, 0.3) is 5.65 Å². The van der Waals surface area contributed by atoms with Gasteiger partial charge >= 0.3 is 0 Å². The average molecular weight is 347 g/mol. The maximum absolute atomic E-state index is 13.7. The van der Waals surface area contributed by atoms with E-state index in [1.54, 1.807) is 6.20 Å². The first-order chi connectivity index (χ1) is 10.2. The van der Waals surface area contributed by atoms with Crippen LogP contribution in [0.15, 0.2) is 47.1 Å². The molecule has 1 aliphatic rings. The molecule has 106 valence electrons. The van der Waals surface area contributed by atoms with Crippen molar-refractivity contribution >= 4 is 21.6 Å². The molecular weight excluding hydrogens is 335 g/mol. The fourth-order valence-electron chi connectivity index (χ4n) is 2.87. The molecule has 0 spiro atoms. The topological polar surface area (TPSA) is 26.5 Å². The molecule has 0 unspecified atom stereocenters. The van der Waals surface area contributed by atoms with Crippen LogP contribution in [-0.2, 0) is 11.3 Å². The summed E-state index contributed by atoms with van der Waals surface area (Å²) in [7, 11) is 0. The number of ether oxygens (including phenoxy) is 1. The fraction of sp³-hybridized carbons (Fsp3) is 0.188. The molecule has 0 aliphatic carbocycles. The molecule has 0 saturated heterocycles. The second kappa shape index (κ2) is 4.93. The van der Waals surface area contributed by atoms with Crippen LogP contribution in [0, 0.1) is 5.82 Å². The molecule has 3 aromatic rings. The van der Waals surface area contributed by atoms with E-state index in [4.69, 9.17) is 4.74 Å². The van der Waals surface area contributed by atoms with Gasteiger partial charge in [0.05, 0.1) is 35.0 Å². The first-order valence-electron chi connectivity index (χ1n) is 6.72. The van der Waals surface area contributed by atoms with Gasteiger partial charge in [0.15, 0.2) is 0 Å². The second-order valence-corrected chi connectivity index (χ2v) is 5.97. The molecular formula is C16H12BrFN2O. The van der Waals surface area contributed by atoms with Crippen LogP contribution >= 0.6 is 15.9 Å². The van der Waals surface area contributed by atoms with Gasteiger partial charge < -0.3 is 9.14 Å². The van der Waals surface area contributed by atoms with Crippen molar-refractivity contribution in [2.24, 2.45) is 0 Å². The van der Waals surface area contributed by atoms with E-state index in [0.717, 1.165) is 11.4 Å². The number of pyridine rings is 1. The number of aromatic nitrogens is 2. The number of rotatable bonds is 1. The van der Waals surface area contributed by atoms with Gasteiger partial charge in [-0.3, -0.25) is 0 Å². The molecule has 2 aromatic heterocycles. The van der Waals surface area contributed by atoms with Crippen LogP contribution in [0.1, 0.15) is 22.9 Å². The van der Waals surface area contributed by atoms with E-state index in [0.29, 0.717) is 23.3 Å². The molecule has 0 N–H and O–H groups in total. The molecule has 0 saturated carbocycles. The van der Waals surface area contributed by atoms with E-state index < -0.39 is 0 Å². The first-order valence-corrected chi connectivity index (χ1v) is 7.52. The van der Waals surface area contributed by atoms with Crippen LogP contribution in [0.2, 0.25) is 0 Å². The summed E-state index contributed by atoms with van der Waals surface area (Å²) >= 11 is 3.25. The third-order valence-corrected chi connectivity index (χ3v) is 4.42. The van der Waals surface area contributed by atoms with E-state index >= 15 is 0 Å². The third-order valence-electron chi connectivity index (χ3n) is 3.83. The number of nitrogens with zero attached hydrogens (tertiary/aromatic N) is 2. The van der Waals surface area contributed by atoms with Crippen molar-refractivity contribution in [3.63, 3.8) is 0 Å². The van der Waals surface area contributed by atoms with Crippen molar-refractivity contribution < 1.29 is 9.13 Å². The highest BCUT2D eigenvalue weighted by Crippen LogP contribution is 2.33. The molecule has 5 heteroatoms. The Balaban J connectivity index is 1.96. The molecule has 1 atom stereocenters. The summed E-state index contributed by atoms with van der Waals surface area (Å²) in [5.41, 5.74) is 3.77. The zero-order valence-electron chi connectivity index (χ0n) is 11.1. The first kappa shape index (κ1) is 13.0. The van der Waals surface area contributed by atoms with Gasteiger partial charge in [-0.2, -0.15) is 0 Å². The summed E-state index contributed by atoms with van der Waals surface area (Å²) in [5.74, 6) is -0.190. The Bertz CT molecular complexity index is 816. The zero-order chi connectivity index (χ0) is 14.4. The lowest BCUT2D eigenvalue weighted by molar-refractivity contribution is 0.0955. The van der Waals surface area contributed by atoms with Gasteiger partial charge in [0.25, 0.3) is 0 Å². The van der Waals surface area contributed by atoms with Crippen LogP contribution in [0.3, 0.4) is 0 Å². The highest BCUT2D eigenvalue weighted by Gasteiger charge is 2.27. The summed E-state index contributed by atoms with van der Waals surface area (Å²) in [6.45, 7) is 1.08. The Morgan fingerprint density at radius 3 is 2.90 bits per heavy atom. The quantitative estimate of drug-likeness (QED) is 0.668. The lowest BCUT2D eigenvalue weighted by atomic mass is 9.94. The predicted molar refractivity (Wildman–Crippen MR) is 80.8 cm³/mol. The van der Waals surface area contributed by atoms with E-state index in [9.17, 15) is 4.39 Å². The smallest absolute Gasteiger partial charge is 0.142 e. The largest absolute Gasteiger partial charge is 0.374 e. The lowest BCUT2D eigenvalue weighted by Crippen LogP contribution is -2.19. The maximum Gasteiger partial charge on any atom is 0.142 e. The van der Waals surface area contributed by atoms with Crippen molar-refractivity contribution in [1.29, 1.82) is 0 Å². The summed E-state index contributed by atoms with van der Waals surface area (Å²) in [6, 6.07) is 11.6. The zero-order valence-corrected chi connectivity index (χ0v) is 12.7. The van der Waals surface area contributed by atoms with E-state index in [-0.39, 0.29) is 11.7 Å². The monoisotopic (exact) mass is 346 g/mol. The molecule has 0 amide bonds. The van der Waals surface area contributed by atoms with Crippen molar-refractivity contribution in [3.05, 3.63) is 69.8 Å². The molecule has 0 bridgehead atoms. The molecule has 4 rings (SSSR count). The molecule has 3 heterocycles.